The molecule has 0 saturated carbocycles. The largest absolute Gasteiger partial charge is 0.311 e. The van der Waals surface area contributed by atoms with E-state index in [2.05, 4.69) is 16.5 Å². The summed E-state index contributed by atoms with van der Waals surface area (Å²) < 4.78 is 25.4. The molecular weight excluding hydrogens is 352 g/mol. The van der Waals surface area contributed by atoms with Crippen LogP contribution >= 0.6 is 0 Å². The maximum atomic E-state index is 12.3. The summed E-state index contributed by atoms with van der Waals surface area (Å²) in [5.41, 5.74) is 3.23. The normalized spacial score (nSPS) is 23.9. The molecule has 26 heavy (non-hydrogen) atoms. The van der Waals surface area contributed by atoms with Crippen molar-refractivity contribution < 1.29 is 13.2 Å². The van der Waals surface area contributed by atoms with Crippen LogP contribution in [0.5, 0.6) is 0 Å². The van der Waals surface area contributed by atoms with Crippen LogP contribution in [0.15, 0.2) is 24.3 Å². The fourth-order valence-electron chi connectivity index (χ4n) is 3.88. The van der Waals surface area contributed by atoms with Crippen molar-refractivity contribution in [1.82, 2.24) is 9.78 Å². The molecule has 8 heteroatoms. The number of anilines is 1. The van der Waals surface area contributed by atoms with Crippen molar-refractivity contribution in [2.24, 2.45) is 0 Å². The van der Waals surface area contributed by atoms with E-state index in [9.17, 15) is 13.2 Å². The summed E-state index contributed by atoms with van der Waals surface area (Å²) in [6, 6.07) is 9.05. The zero-order valence-electron chi connectivity index (χ0n) is 14.3. The molecule has 3 heterocycles. The van der Waals surface area contributed by atoms with E-state index in [1.165, 1.54) is 0 Å². The van der Waals surface area contributed by atoms with Crippen molar-refractivity contribution in [3.8, 4) is 6.07 Å². The Balaban J connectivity index is 1.78. The minimum atomic E-state index is -3.05. The fourth-order valence-corrected chi connectivity index (χ4v) is 5.57. The van der Waals surface area contributed by atoms with Gasteiger partial charge in [-0.15, -0.1) is 0 Å². The quantitative estimate of drug-likeness (QED) is 0.869. The number of sulfone groups is 1. The first-order valence-electron chi connectivity index (χ1n) is 8.47. The molecule has 2 aliphatic rings. The van der Waals surface area contributed by atoms with Crippen LogP contribution in [0.4, 0.5) is 5.82 Å². The van der Waals surface area contributed by atoms with E-state index in [1.54, 1.807) is 16.8 Å². The fraction of sp³-hybridized carbons (Fsp3) is 0.389. The van der Waals surface area contributed by atoms with Crippen molar-refractivity contribution in [2.45, 2.75) is 31.7 Å². The number of aryl methyl sites for hydroxylation is 1. The first-order chi connectivity index (χ1) is 12.4. The summed E-state index contributed by atoms with van der Waals surface area (Å²) in [7, 11) is -3.05. The average Bonchev–Trinajstić information content (AvgIpc) is 3.13. The van der Waals surface area contributed by atoms with Gasteiger partial charge < -0.3 is 5.32 Å². The highest BCUT2D eigenvalue weighted by atomic mass is 32.2. The van der Waals surface area contributed by atoms with Crippen molar-refractivity contribution in [3.63, 3.8) is 0 Å². The molecule has 1 fully saturated rings. The van der Waals surface area contributed by atoms with E-state index in [0.29, 0.717) is 24.2 Å². The third kappa shape index (κ3) is 2.78. The number of nitrogens with one attached hydrogen (secondary N) is 1. The summed E-state index contributed by atoms with van der Waals surface area (Å²) in [6.45, 7) is 1.88. The summed E-state index contributed by atoms with van der Waals surface area (Å²) in [5, 5.41) is 16.4. The molecule has 2 aliphatic heterocycles. The molecule has 1 aromatic heterocycles. The topological polar surface area (TPSA) is 105 Å². The number of carbonyl (C=O) groups excluding carboxylic acids is 1. The van der Waals surface area contributed by atoms with E-state index in [4.69, 9.17) is 5.26 Å². The van der Waals surface area contributed by atoms with E-state index in [-0.39, 0.29) is 29.4 Å². The van der Waals surface area contributed by atoms with Crippen LogP contribution in [0.2, 0.25) is 0 Å². The lowest BCUT2D eigenvalue weighted by atomic mass is 9.85. The van der Waals surface area contributed by atoms with Crippen molar-refractivity contribution in [3.05, 3.63) is 46.6 Å². The smallest absolute Gasteiger partial charge is 0.226 e. The molecule has 1 amide bonds. The maximum absolute atomic E-state index is 12.3. The molecule has 2 atom stereocenters. The Bertz CT molecular complexity index is 1030. The Morgan fingerprint density at radius 1 is 1.31 bits per heavy atom. The summed E-state index contributed by atoms with van der Waals surface area (Å²) >= 11 is 0. The van der Waals surface area contributed by atoms with Gasteiger partial charge in [0.25, 0.3) is 0 Å². The summed E-state index contributed by atoms with van der Waals surface area (Å²) in [6.07, 6.45) is 0.807. The van der Waals surface area contributed by atoms with Crippen molar-refractivity contribution in [2.75, 3.05) is 16.8 Å². The molecule has 1 aromatic carbocycles. The van der Waals surface area contributed by atoms with Crippen LogP contribution in [0.25, 0.3) is 0 Å². The van der Waals surface area contributed by atoms with Crippen molar-refractivity contribution in [1.29, 1.82) is 5.26 Å². The van der Waals surface area contributed by atoms with Crippen LogP contribution in [-0.2, 0) is 14.6 Å². The van der Waals surface area contributed by atoms with Crippen LogP contribution in [-0.4, -0.2) is 35.6 Å². The van der Waals surface area contributed by atoms with Gasteiger partial charge in [-0.2, -0.15) is 10.4 Å². The van der Waals surface area contributed by atoms with Gasteiger partial charge in [0.1, 0.15) is 5.82 Å². The number of rotatable bonds is 2. The van der Waals surface area contributed by atoms with Crippen LogP contribution in [0, 0.1) is 18.3 Å². The Morgan fingerprint density at radius 3 is 2.65 bits per heavy atom. The third-order valence-electron chi connectivity index (χ3n) is 5.12. The number of benzene rings is 1. The molecule has 0 radical (unpaired) electrons. The molecule has 1 saturated heterocycles. The maximum Gasteiger partial charge on any atom is 0.226 e. The van der Waals surface area contributed by atoms with E-state index in [0.717, 1.165) is 16.8 Å². The van der Waals surface area contributed by atoms with Gasteiger partial charge in [0.15, 0.2) is 9.84 Å². The lowest BCUT2D eigenvalue weighted by Gasteiger charge is -2.25. The van der Waals surface area contributed by atoms with Gasteiger partial charge in [-0.05, 0) is 31.0 Å². The minimum absolute atomic E-state index is 0.0535. The van der Waals surface area contributed by atoms with Gasteiger partial charge in [-0.1, -0.05) is 12.1 Å². The molecule has 0 spiro atoms. The summed E-state index contributed by atoms with van der Waals surface area (Å²) in [4.78, 5) is 12.3. The molecule has 2 aromatic rings. The van der Waals surface area contributed by atoms with Gasteiger partial charge in [0.05, 0.1) is 34.9 Å². The molecule has 1 N–H and O–H groups in total. The number of aromatic nitrogens is 2. The average molecular weight is 370 g/mol. The minimum Gasteiger partial charge on any atom is -0.311 e. The van der Waals surface area contributed by atoms with Crippen LogP contribution < -0.4 is 5.32 Å². The van der Waals surface area contributed by atoms with Crippen molar-refractivity contribution >= 4 is 21.6 Å². The first kappa shape index (κ1) is 16.8. The van der Waals surface area contributed by atoms with E-state index in [1.807, 2.05) is 19.1 Å². The van der Waals surface area contributed by atoms with Gasteiger partial charge >= 0.3 is 0 Å². The van der Waals surface area contributed by atoms with Gasteiger partial charge in [0, 0.05) is 17.9 Å². The molecule has 0 aliphatic carbocycles. The lowest BCUT2D eigenvalue weighted by molar-refractivity contribution is -0.116. The second-order valence-electron chi connectivity index (χ2n) is 6.89. The number of carbonyl (C=O) groups is 1. The number of fused-ring (bicyclic) bond motifs is 1. The SMILES string of the molecule is Cc1nn([C@H]2CCS(=O)(=O)C2)c2c1[C@H](c1ccc(C#N)cc1)CC(=O)N2. The second-order valence-corrected chi connectivity index (χ2v) is 9.12. The Hall–Kier alpha value is -2.66. The van der Waals surface area contributed by atoms with Crippen LogP contribution in [0.1, 0.15) is 47.2 Å². The predicted molar refractivity (Wildman–Crippen MR) is 95.5 cm³/mol. The predicted octanol–water partition coefficient (Wildman–Crippen LogP) is 1.90. The summed E-state index contributed by atoms with van der Waals surface area (Å²) in [5.74, 6) is 0.540. The molecular formula is C18H18N4O3S. The molecule has 134 valence electrons. The number of nitrogens with zero attached hydrogens (tertiary/aromatic N) is 3. The van der Waals surface area contributed by atoms with Gasteiger partial charge in [0.2, 0.25) is 5.91 Å². The lowest BCUT2D eigenvalue weighted by Crippen LogP contribution is -2.26. The Morgan fingerprint density at radius 2 is 2.04 bits per heavy atom. The first-order valence-corrected chi connectivity index (χ1v) is 10.3. The molecule has 7 nitrogen and oxygen atoms in total. The Kier molecular flexibility index (Phi) is 3.84. The number of amides is 1. The van der Waals surface area contributed by atoms with Gasteiger partial charge in [-0.3, -0.25) is 4.79 Å². The monoisotopic (exact) mass is 370 g/mol. The second kappa shape index (κ2) is 5.95. The highest BCUT2D eigenvalue weighted by Gasteiger charge is 2.37. The standard InChI is InChI=1S/C18H18N4O3S/c1-11-17-15(13-4-2-12(9-19)3-5-13)8-16(23)20-18(17)22(21-11)14-6-7-26(24,25)10-14/h2-5,14-15H,6-8,10H2,1H3,(H,20,23)/t14-,15-/m0/s1. The molecule has 0 unspecified atom stereocenters. The van der Waals surface area contributed by atoms with E-state index >= 15 is 0 Å². The Labute approximate surface area is 151 Å². The van der Waals surface area contributed by atoms with E-state index < -0.39 is 9.84 Å². The molecule has 0 bridgehead atoms. The highest BCUT2D eigenvalue weighted by molar-refractivity contribution is 7.91. The van der Waals surface area contributed by atoms with Crippen LogP contribution in [0.3, 0.4) is 0 Å². The zero-order chi connectivity index (χ0) is 18.5. The number of hydrogen-bond acceptors (Lipinski definition) is 5. The third-order valence-corrected chi connectivity index (χ3v) is 6.87. The van der Waals surface area contributed by atoms with Gasteiger partial charge in [-0.25, -0.2) is 13.1 Å². The number of hydrogen-bond donors (Lipinski definition) is 1. The highest BCUT2D eigenvalue weighted by Crippen LogP contribution is 2.41. The zero-order valence-corrected chi connectivity index (χ0v) is 15.1. The number of nitriles is 1. The molecule has 4 rings (SSSR count).